The summed E-state index contributed by atoms with van der Waals surface area (Å²) in [7, 11) is 0. The fraction of sp³-hybridized carbons (Fsp3) is 0.429. The van der Waals surface area contributed by atoms with Crippen molar-refractivity contribution in [2.24, 2.45) is 0 Å². The zero-order valence-electron chi connectivity index (χ0n) is 15.5. The van der Waals surface area contributed by atoms with Crippen LogP contribution >= 0.6 is 0 Å². The smallest absolute Gasteiger partial charge is 0.319 e. The molecule has 4 rings (SSSR count). The van der Waals surface area contributed by atoms with Crippen LogP contribution in [0.4, 0.5) is 16.3 Å². The maximum Gasteiger partial charge on any atom is 0.319 e. The molecule has 0 saturated carbocycles. The minimum absolute atomic E-state index is 0.175. The molecule has 142 valence electrons. The van der Waals surface area contributed by atoms with Gasteiger partial charge in [0, 0.05) is 37.1 Å². The number of nitrogens with zero attached hydrogens (tertiary/aromatic N) is 2. The number of aromatic nitrogens is 1. The minimum atomic E-state index is -0.175. The zero-order valence-corrected chi connectivity index (χ0v) is 15.5. The van der Waals surface area contributed by atoms with E-state index in [0.29, 0.717) is 19.8 Å². The van der Waals surface area contributed by atoms with Crippen LogP contribution in [0.1, 0.15) is 29.5 Å². The van der Waals surface area contributed by atoms with Crippen molar-refractivity contribution in [2.45, 2.75) is 32.2 Å². The van der Waals surface area contributed by atoms with Gasteiger partial charge < -0.3 is 20.3 Å². The van der Waals surface area contributed by atoms with Crippen molar-refractivity contribution in [1.82, 2.24) is 10.3 Å². The number of morpholine rings is 1. The molecule has 0 atom stereocenters. The summed E-state index contributed by atoms with van der Waals surface area (Å²) in [6.07, 6.45) is 6.35. The second kappa shape index (κ2) is 8.39. The summed E-state index contributed by atoms with van der Waals surface area (Å²) < 4.78 is 5.42. The summed E-state index contributed by atoms with van der Waals surface area (Å²) in [6, 6.07) is 9.94. The van der Waals surface area contributed by atoms with E-state index in [1.165, 1.54) is 24.0 Å². The van der Waals surface area contributed by atoms with Crippen molar-refractivity contribution >= 4 is 17.5 Å². The molecule has 0 radical (unpaired) electrons. The molecule has 2 aromatic rings. The highest BCUT2D eigenvalue weighted by Gasteiger charge is 2.17. The number of aryl methyl sites for hydroxylation is 1. The molecule has 27 heavy (non-hydrogen) atoms. The van der Waals surface area contributed by atoms with Gasteiger partial charge in [-0.15, -0.1) is 0 Å². The van der Waals surface area contributed by atoms with E-state index in [4.69, 9.17) is 4.74 Å². The number of benzene rings is 1. The van der Waals surface area contributed by atoms with Crippen molar-refractivity contribution in [1.29, 1.82) is 0 Å². The normalized spacial score (nSPS) is 16.5. The van der Waals surface area contributed by atoms with Crippen molar-refractivity contribution in [3.8, 4) is 0 Å². The second-order valence-electron chi connectivity index (χ2n) is 7.04. The molecule has 2 heterocycles. The number of rotatable bonds is 4. The number of hydrogen-bond donors (Lipinski definition) is 2. The molecule has 6 heteroatoms. The van der Waals surface area contributed by atoms with E-state index in [-0.39, 0.29) is 6.03 Å². The Hall–Kier alpha value is -2.60. The molecule has 1 aromatic carbocycles. The Kier molecular flexibility index (Phi) is 5.53. The highest BCUT2D eigenvalue weighted by molar-refractivity contribution is 5.90. The van der Waals surface area contributed by atoms with Gasteiger partial charge in [-0.2, -0.15) is 0 Å². The van der Waals surface area contributed by atoms with Crippen molar-refractivity contribution in [3.05, 3.63) is 53.2 Å². The average molecular weight is 366 g/mol. The number of urea groups is 1. The van der Waals surface area contributed by atoms with Crippen LogP contribution in [0.2, 0.25) is 0 Å². The van der Waals surface area contributed by atoms with Gasteiger partial charge in [0.2, 0.25) is 0 Å². The van der Waals surface area contributed by atoms with Crippen LogP contribution in [0, 0.1) is 0 Å². The lowest BCUT2D eigenvalue weighted by Gasteiger charge is -2.29. The van der Waals surface area contributed by atoms with Gasteiger partial charge in [0.25, 0.3) is 0 Å². The Morgan fingerprint density at radius 3 is 2.85 bits per heavy atom. The number of carbonyl (C=O) groups excluding carboxylic acids is 1. The van der Waals surface area contributed by atoms with Gasteiger partial charge in [0.1, 0.15) is 5.82 Å². The quantitative estimate of drug-likeness (QED) is 0.873. The van der Waals surface area contributed by atoms with Gasteiger partial charge in [0.05, 0.1) is 13.2 Å². The lowest BCUT2D eigenvalue weighted by Crippen LogP contribution is -2.38. The molecule has 0 spiro atoms. The monoisotopic (exact) mass is 366 g/mol. The zero-order chi connectivity index (χ0) is 18.5. The molecular weight excluding hydrogens is 340 g/mol. The Bertz CT molecular complexity index is 803. The standard InChI is InChI=1S/C21H26N4O2/c26-21(24-19-9-3-6-16-5-1-2-8-18(16)19)23-15-17-7-4-10-22-20(17)25-11-13-27-14-12-25/h3-4,6-7,9-10H,1-2,5,8,11-15H2,(H2,23,24,26). The molecule has 0 bridgehead atoms. The van der Waals surface area contributed by atoms with Gasteiger partial charge in [-0.05, 0) is 48.9 Å². The lowest BCUT2D eigenvalue weighted by molar-refractivity contribution is 0.122. The summed E-state index contributed by atoms with van der Waals surface area (Å²) in [4.78, 5) is 19.2. The van der Waals surface area contributed by atoms with Gasteiger partial charge in [0.15, 0.2) is 0 Å². The maximum atomic E-state index is 12.5. The van der Waals surface area contributed by atoms with Crippen molar-refractivity contribution < 1.29 is 9.53 Å². The average Bonchev–Trinajstić information content (AvgIpc) is 2.73. The van der Waals surface area contributed by atoms with E-state index in [9.17, 15) is 4.79 Å². The Morgan fingerprint density at radius 1 is 1.11 bits per heavy atom. The second-order valence-corrected chi connectivity index (χ2v) is 7.04. The molecular formula is C21H26N4O2. The number of anilines is 2. The summed E-state index contributed by atoms with van der Waals surface area (Å²) in [6.45, 7) is 3.52. The number of pyridine rings is 1. The van der Waals surface area contributed by atoms with E-state index in [0.717, 1.165) is 43.0 Å². The molecule has 1 fully saturated rings. The number of carbonyl (C=O) groups is 1. The van der Waals surface area contributed by atoms with E-state index >= 15 is 0 Å². The Balaban J connectivity index is 1.40. The number of nitrogens with one attached hydrogen (secondary N) is 2. The summed E-state index contributed by atoms with van der Waals surface area (Å²) >= 11 is 0. The predicted molar refractivity (Wildman–Crippen MR) is 106 cm³/mol. The largest absolute Gasteiger partial charge is 0.378 e. The Labute approximate surface area is 159 Å². The van der Waals surface area contributed by atoms with Gasteiger partial charge >= 0.3 is 6.03 Å². The van der Waals surface area contributed by atoms with Gasteiger partial charge in [-0.25, -0.2) is 9.78 Å². The van der Waals surface area contributed by atoms with E-state index in [1.54, 1.807) is 6.20 Å². The van der Waals surface area contributed by atoms with E-state index < -0.39 is 0 Å². The molecule has 1 aromatic heterocycles. The molecule has 1 aliphatic heterocycles. The molecule has 2 amide bonds. The molecule has 6 nitrogen and oxygen atoms in total. The van der Waals surface area contributed by atoms with Gasteiger partial charge in [-0.3, -0.25) is 0 Å². The van der Waals surface area contributed by atoms with Crippen molar-refractivity contribution in [2.75, 3.05) is 36.5 Å². The molecule has 1 saturated heterocycles. The first-order valence-corrected chi connectivity index (χ1v) is 9.73. The molecule has 1 aliphatic carbocycles. The van der Waals surface area contributed by atoms with Crippen LogP contribution in [-0.2, 0) is 24.1 Å². The topological polar surface area (TPSA) is 66.5 Å². The van der Waals surface area contributed by atoms with E-state index in [1.807, 2.05) is 24.3 Å². The fourth-order valence-electron chi connectivity index (χ4n) is 3.87. The molecule has 2 aliphatic rings. The first-order valence-electron chi connectivity index (χ1n) is 9.73. The lowest BCUT2D eigenvalue weighted by atomic mass is 9.90. The third-order valence-corrected chi connectivity index (χ3v) is 5.26. The minimum Gasteiger partial charge on any atom is -0.378 e. The SMILES string of the molecule is O=C(NCc1cccnc1N1CCOCC1)Nc1cccc2c1CCCC2. The maximum absolute atomic E-state index is 12.5. The van der Waals surface area contributed by atoms with Crippen LogP contribution in [-0.4, -0.2) is 37.3 Å². The summed E-state index contributed by atoms with van der Waals surface area (Å²) in [5.41, 5.74) is 4.60. The fourth-order valence-corrected chi connectivity index (χ4v) is 3.87. The summed E-state index contributed by atoms with van der Waals surface area (Å²) in [5.74, 6) is 0.929. The van der Waals surface area contributed by atoms with E-state index in [2.05, 4.69) is 26.6 Å². The van der Waals surface area contributed by atoms with Crippen molar-refractivity contribution in [3.63, 3.8) is 0 Å². The summed E-state index contributed by atoms with van der Waals surface area (Å²) in [5, 5.41) is 6.02. The number of fused-ring (bicyclic) bond motifs is 1. The van der Waals surface area contributed by atoms with Crippen LogP contribution in [0.25, 0.3) is 0 Å². The van der Waals surface area contributed by atoms with Crippen LogP contribution < -0.4 is 15.5 Å². The molecule has 0 unspecified atom stereocenters. The molecule has 2 N–H and O–H groups in total. The van der Waals surface area contributed by atoms with Gasteiger partial charge in [-0.1, -0.05) is 18.2 Å². The van der Waals surface area contributed by atoms with Crippen LogP contribution in [0.15, 0.2) is 36.5 Å². The number of amides is 2. The number of hydrogen-bond acceptors (Lipinski definition) is 4. The van der Waals surface area contributed by atoms with Crippen LogP contribution in [0.5, 0.6) is 0 Å². The first kappa shape index (κ1) is 17.8. The third kappa shape index (κ3) is 4.22. The Morgan fingerprint density at radius 2 is 1.96 bits per heavy atom. The highest BCUT2D eigenvalue weighted by atomic mass is 16.5. The predicted octanol–water partition coefficient (Wildman–Crippen LogP) is 3.12. The highest BCUT2D eigenvalue weighted by Crippen LogP contribution is 2.27. The first-order chi connectivity index (χ1) is 13.3. The van der Waals surface area contributed by atoms with Crippen LogP contribution in [0.3, 0.4) is 0 Å². The third-order valence-electron chi connectivity index (χ3n) is 5.26. The number of ether oxygens (including phenoxy) is 1.